The van der Waals surface area contributed by atoms with Crippen molar-refractivity contribution in [2.24, 2.45) is 5.10 Å². The molecule has 1 aromatic heterocycles. The van der Waals surface area contributed by atoms with Gasteiger partial charge in [0.25, 0.3) is 5.56 Å². The van der Waals surface area contributed by atoms with Gasteiger partial charge >= 0.3 is 0 Å². The van der Waals surface area contributed by atoms with E-state index in [-0.39, 0.29) is 23.8 Å². The Morgan fingerprint density at radius 3 is 2.27 bits per heavy atom. The number of carbonyl (C=O) groups excluding carboxylic acids is 4. The largest absolute Gasteiger partial charge is 0.507 e. The van der Waals surface area contributed by atoms with E-state index >= 15 is 0 Å². The summed E-state index contributed by atoms with van der Waals surface area (Å²) in [4.78, 5) is 72.1. The second kappa shape index (κ2) is 9.84. The van der Waals surface area contributed by atoms with Gasteiger partial charge in [-0.15, -0.1) is 0 Å². The molecule has 0 radical (unpaired) electrons. The van der Waals surface area contributed by atoms with Crippen LogP contribution >= 0.6 is 0 Å². The minimum absolute atomic E-state index is 0.116. The van der Waals surface area contributed by atoms with Crippen LogP contribution in [0.5, 0.6) is 17.2 Å². The van der Waals surface area contributed by atoms with E-state index in [1.807, 2.05) is 12.1 Å². The Hall–Kier alpha value is -5.34. The van der Waals surface area contributed by atoms with Crippen LogP contribution in [0.3, 0.4) is 0 Å². The van der Waals surface area contributed by atoms with Crippen LogP contribution in [-0.2, 0) is 16.6 Å². The Balaban J connectivity index is 1.31. The summed E-state index contributed by atoms with van der Waals surface area (Å²) in [5.74, 6) is -6.62. The third-order valence-corrected chi connectivity index (χ3v) is 9.17. The Morgan fingerprint density at radius 1 is 0.933 bits per heavy atom. The van der Waals surface area contributed by atoms with Gasteiger partial charge in [0.1, 0.15) is 22.7 Å². The van der Waals surface area contributed by atoms with E-state index in [0.29, 0.717) is 16.6 Å². The number of hydrogen-bond donors (Lipinski definition) is 5. The maximum atomic E-state index is 14.1. The molecule has 0 amide bonds. The zero-order chi connectivity index (χ0) is 31.9. The van der Waals surface area contributed by atoms with Gasteiger partial charge < -0.3 is 29.9 Å². The maximum absolute atomic E-state index is 14.1. The molecule has 2 heterocycles. The molecule has 230 valence electrons. The van der Waals surface area contributed by atoms with Crippen molar-refractivity contribution < 1.29 is 39.2 Å². The molecule has 3 aliphatic carbocycles. The van der Waals surface area contributed by atoms with Crippen LogP contribution in [0.25, 0.3) is 10.8 Å². The molecule has 2 aromatic carbocycles. The third-order valence-electron chi connectivity index (χ3n) is 9.17. The summed E-state index contributed by atoms with van der Waals surface area (Å²) in [5.41, 5.74) is -1.73. The summed E-state index contributed by atoms with van der Waals surface area (Å²) in [6.45, 7) is 3.28. The molecule has 1 unspecified atom stereocenters. The van der Waals surface area contributed by atoms with Gasteiger partial charge in [0.05, 0.1) is 46.7 Å². The monoisotopic (exact) mass is 613 g/mol. The number of fused-ring (bicyclic) bond motifs is 5. The number of methoxy groups -OCH3 is 1. The van der Waals surface area contributed by atoms with E-state index in [9.17, 15) is 39.3 Å². The highest BCUT2D eigenvalue weighted by atomic mass is 16.5. The fraction of sp³-hybridized carbons (Fsp3) is 0.290. The van der Waals surface area contributed by atoms with Crippen molar-refractivity contribution in [3.05, 3.63) is 73.4 Å². The first-order valence-corrected chi connectivity index (χ1v) is 14.2. The number of H-pyrrole nitrogens is 1. The summed E-state index contributed by atoms with van der Waals surface area (Å²) in [7, 11) is 3.17. The first kappa shape index (κ1) is 28.4. The molecule has 0 bridgehead atoms. The third kappa shape index (κ3) is 3.82. The fourth-order valence-electron chi connectivity index (χ4n) is 6.91. The van der Waals surface area contributed by atoms with Crippen molar-refractivity contribution in [3.8, 4) is 17.2 Å². The van der Waals surface area contributed by atoms with E-state index in [2.05, 4.69) is 20.5 Å². The topological polar surface area (TPSA) is 202 Å². The van der Waals surface area contributed by atoms with Gasteiger partial charge in [-0.25, -0.2) is 10.5 Å². The minimum atomic E-state index is -2.10. The van der Waals surface area contributed by atoms with E-state index < -0.39 is 79.4 Å². The van der Waals surface area contributed by atoms with Crippen molar-refractivity contribution in [2.45, 2.75) is 18.3 Å². The Morgan fingerprint density at radius 2 is 1.60 bits per heavy atom. The molecule has 5 N–H and O–H groups in total. The quantitative estimate of drug-likeness (QED) is 0.121. The number of nitrogens with zero attached hydrogens (tertiary/aromatic N) is 3. The first-order chi connectivity index (χ1) is 21.5. The highest BCUT2D eigenvalue weighted by Gasteiger charge is 2.61. The predicted octanol–water partition coefficient (Wildman–Crippen LogP) is 0.903. The number of pyridine rings is 1. The van der Waals surface area contributed by atoms with E-state index in [1.165, 1.54) is 6.21 Å². The van der Waals surface area contributed by atoms with E-state index in [0.717, 1.165) is 39.4 Å². The Kier molecular flexibility index (Phi) is 6.21. The van der Waals surface area contributed by atoms with Gasteiger partial charge in [0, 0.05) is 37.8 Å². The highest BCUT2D eigenvalue weighted by Crippen LogP contribution is 2.57. The number of aromatic nitrogens is 1. The number of carbonyl (C=O) groups is 4. The number of hydrazine groups is 1. The predicted molar refractivity (Wildman–Crippen MR) is 158 cm³/mol. The average Bonchev–Trinajstić information content (AvgIpc) is 3.50. The molecular weight excluding hydrogens is 586 g/mol. The smallest absolute Gasteiger partial charge is 0.260 e. The number of rotatable bonds is 4. The number of benzene rings is 2. The second-order valence-electron chi connectivity index (χ2n) is 11.6. The number of aromatic amines is 1. The molecule has 3 aromatic rings. The van der Waals surface area contributed by atoms with Gasteiger partial charge in [-0.1, -0.05) is 6.07 Å². The average molecular weight is 614 g/mol. The van der Waals surface area contributed by atoms with Crippen molar-refractivity contribution in [3.63, 3.8) is 0 Å². The second-order valence-corrected chi connectivity index (χ2v) is 11.6. The number of hydrogen-bond acceptors (Lipinski definition) is 13. The number of aromatic hydroxyl groups is 3. The first-order valence-electron chi connectivity index (χ1n) is 14.2. The molecule has 1 spiro atoms. The lowest BCUT2D eigenvalue weighted by Crippen LogP contribution is -2.49. The SMILES string of the molecule is COC1=CC(=O)c2c(O)c3c(c(O)c2C1=O)C(=O)C1(CCc2cc4cc(C=NNN5CCN(C)CC5)[nH]c(=O)c4c(O)c21)C3=O. The summed E-state index contributed by atoms with van der Waals surface area (Å²) < 4.78 is 4.93. The number of piperazine rings is 1. The Labute approximate surface area is 254 Å². The van der Waals surface area contributed by atoms with Gasteiger partial charge in [-0.3, -0.25) is 24.0 Å². The van der Waals surface area contributed by atoms with Crippen LogP contribution in [0.15, 0.2) is 33.9 Å². The maximum Gasteiger partial charge on any atom is 0.260 e. The molecule has 45 heavy (non-hydrogen) atoms. The van der Waals surface area contributed by atoms with Crippen LogP contribution in [0, 0.1) is 0 Å². The molecule has 7 rings (SSSR count). The number of ether oxygens (including phenoxy) is 1. The number of nitrogens with one attached hydrogen (secondary N) is 2. The van der Waals surface area contributed by atoms with E-state index in [4.69, 9.17) is 4.74 Å². The van der Waals surface area contributed by atoms with Gasteiger partial charge in [0.15, 0.2) is 23.1 Å². The lowest BCUT2D eigenvalue weighted by molar-refractivity contribution is 0.0790. The summed E-state index contributed by atoms with van der Waals surface area (Å²) in [6, 6.07) is 3.21. The molecular formula is C31H27N5O9. The number of phenolic OH excluding ortho intramolecular Hbond substituents is 3. The van der Waals surface area contributed by atoms with Gasteiger partial charge in [-0.2, -0.15) is 5.10 Å². The van der Waals surface area contributed by atoms with Crippen molar-refractivity contribution >= 4 is 40.1 Å². The molecule has 14 nitrogen and oxygen atoms in total. The number of Topliss-reactive ketones (excluding diaryl/α,β-unsaturated/α-hetero) is 3. The minimum Gasteiger partial charge on any atom is -0.507 e. The molecule has 0 saturated carbocycles. The number of ketones is 4. The lowest BCUT2D eigenvalue weighted by Gasteiger charge is -2.31. The Bertz CT molecular complexity index is 2040. The molecule has 14 heteroatoms. The number of hydrazone groups is 1. The number of phenols is 3. The molecule has 1 fully saturated rings. The fourth-order valence-corrected chi connectivity index (χ4v) is 6.91. The highest BCUT2D eigenvalue weighted by molar-refractivity contribution is 6.38. The van der Waals surface area contributed by atoms with Crippen LogP contribution < -0.4 is 11.1 Å². The zero-order valence-corrected chi connectivity index (χ0v) is 24.2. The summed E-state index contributed by atoms with van der Waals surface area (Å²) >= 11 is 0. The number of aryl methyl sites for hydroxylation is 1. The van der Waals surface area contributed by atoms with Crippen LogP contribution in [0.4, 0.5) is 0 Å². The van der Waals surface area contributed by atoms with Gasteiger partial charge in [-0.05, 0) is 36.9 Å². The zero-order valence-electron chi connectivity index (χ0n) is 24.2. The lowest BCUT2D eigenvalue weighted by atomic mass is 9.76. The van der Waals surface area contributed by atoms with Crippen molar-refractivity contribution in [2.75, 3.05) is 40.3 Å². The van der Waals surface area contributed by atoms with Crippen LogP contribution in [-0.4, -0.2) is 99.9 Å². The van der Waals surface area contributed by atoms with Crippen molar-refractivity contribution in [1.82, 2.24) is 20.4 Å². The number of allylic oxidation sites excluding steroid dienone is 2. The molecule has 4 aliphatic rings. The van der Waals surface area contributed by atoms with Gasteiger partial charge in [0.2, 0.25) is 5.78 Å². The molecule has 1 atom stereocenters. The standard InChI is InChI=1S/C31H27N5O9/c1-35-5-7-36(8-6-35)34-32-12-15-10-14-9-13-3-4-31(23(13)27(41)18(14)30(44)33-15)28(42)21-22(29(31)43)26(40)20-19(25(21)39)16(37)11-17(45-2)24(20)38/h9-12,34,39-41H,3-8H2,1-2H3,(H,33,44). The molecule has 1 aliphatic heterocycles. The molecule has 1 saturated heterocycles. The number of likely N-dealkylation sites (N-methyl/N-ethyl adjacent to an activating group) is 1. The van der Waals surface area contributed by atoms with E-state index in [1.54, 1.807) is 12.1 Å². The van der Waals surface area contributed by atoms with Crippen molar-refractivity contribution in [1.29, 1.82) is 0 Å². The van der Waals surface area contributed by atoms with Crippen LogP contribution in [0.2, 0.25) is 0 Å². The summed E-state index contributed by atoms with van der Waals surface area (Å²) in [5, 5.41) is 40.1. The van der Waals surface area contributed by atoms with Crippen LogP contribution in [0.1, 0.15) is 64.7 Å². The summed E-state index contributed by atoms with van der Waals surface area (Å²) in [6.07, 6.45) is 2.25. The normalized spacial score (nSPS) is 21.5.